The van der Waals surface area contributed by atoms with Gasteiger partial charge in [0.25, 0.3) is 17.5 Å². The summed E-state index contributed by atoms with van der Waals surface area (Å²) in [5, 5.41) is 13.9. The Kier molecular flexibility index (Phi) is 3.78. The molecule has 7 heteroatoms. The van der Waals surface area contributed by atoms with Crippen LogP contribution >= 0.6 is 0 Å². The highest BCUT2D eigenvalue weighted by Gasteiger charge is 2.36. The average molecular weight is 291 g/mol. The van der Waals surface area contributed by atoms with Crippen LogP contribution in [0.1, 0.15) is 41.5 Å². The normalized spacial score (nSPS) is 14.5. The van der Waals surface area contributed by atoms with E-state index in [0.29, 0.717) is 6.54 Å². The number of non-ortho nitro benzene ring substituents is 1. The quantitative estimate of drug-likeness (QED) is 0.516. The first-order valence-corrected chi connectivity index (χ1v) is 6.60. The zero-order valence-corrected chi connectivity index (χ0v) is 12.2. The molecule has 0 aliphatic carbocycles. The number of nitrogens with zero attached hydrogens (tertiary/aromatic N) is 2. The summed E-state index contributed by atoms with van der Waals surface area (Å²) in [6, 6.07) is 3.73. The summed E-state index contributed by atoms with van der Waals surface area (Å²) in [4.78, 5) is 35.6. The van der Waals surface area contributed by atoms with Gasteiger partial charge in [-0.15, -0.1) is 0 Å². The first kappa shape index (κ1) is 15.1. The van der Waals surface area contributed by atoms with Gasteiger partial charge in [-0.2, -0.15) is 0 Å². The molecule has 1 aromatic carbocycles. The third-order valence-corrected chi connectivity index (χ3v) is 3.16. The van der Waals surface area contributed by atoms with E-state index in [1.165, 1.54) is 12.1 Å². The van der Waals surface area contributed by atoms with Crippen molar-refractivity contribution in [2.75, 3.05) is 13.1 Å². The van der Waals surface area contributed by atoms with E-state index < -0.39 is 16.7 Å². The third kappa shape index (κ3) is 3.08. The summed E-state index contributed by atoms with van der Waals surface area (Å²) in [5.74, 6) is -0.880. The Labute approximate surface area is 122 Å². The molecule has 1 aliphatic heterocycles. The summed E-state index contributed by atoms with van der Waals surface area (Å²) >= 11 is 0. The fourth-order valence-corrected chi connectivity index (χ4v) is 2.14. The first-order valence-electron chi connectivity index (χ1n) is 6.60. The molecule has 2 amide bonds. The summed E-state index contributed by atoms with van der Waals surface area (Å²) < 4.78 is 0. The van der Waals surface area contributed by atoms with Gasteiger partial charge in [-0.05, 0) is 26.8 Å². The van der Waals surface area contributed by atoms with E-state index >= 15 is 0 Å². The second-order valence-corrected chi connectivity index (χ2v) is 5.93. The smallest absolute Gasteiger partial charge is 0.270 e. The van der Waals surface area contributed by atoms with Crippen LogP contribution in [0.2, 0.25) is 0 Å². The molecular weight excluding hydrogens is 274 g/mol. The molecule has 0 saturated heterocycles. The molecule has 0 unspecified atom stereocenters. The molecule has 0 fully saturated rings. The highest BCUT2D eigenvalue weighted by atomic mass is 16.6. The number of hydrogen-bond acceptors (Lipinski definition) is 5. The Hall–Kier alpha value is -2.28. The lowest BCUT2D eigenvalue weighted by Crippen LogP contribution is -2.43. The number of nitro benzene ring substituents is 1. The fraction of sp³-hybridized carbons (Fsp3) is 0.429. The van der Waals surface area contributed by atoms with Gasteiger partial charge >= 0.3 is 0 Å². The molecule has 1 heterocycles. The molecule has 0 saturated carbocycles. The van der Waals surface area contributed by atoms with Crippen molar-refractivity contribution in [3.8, 4) is 0 Å². The summed E-state index contributed by atoms with van der Waals surface area (Å²) in [7, 11) is 0. The SMILES string of the molecule is CC(C)(C)NCCN1C(=O)c2ccc([N+](=O)[O-])cc2C1=O. The van der Waals surface area contributed by atoms with E-state index in [1.54, 1.807) is 0 Å². The summed E-state index contributed by atoms with van der Waals surface area (Å²) in [6.07, 6.45) is 0. The Balaban J connectivity index is 2.16. The number of carbonyl (C=O) groups excluding carboxylic acids is 2. The van der Waals surface area contributed by atoms with Gasteiger partial charge < -0.3 is 5.32 Å². The molecule has 0 spiro atoms. The molecule has 0 radical (unpaired) electrons. The lowest BCUT2D eigenvalue weighted by atomic mass is 10.1. The average Bonchev–Trinajstić information content (AvgIpc) is 2.62. The third-order valence-electron chi connectivity index (χ3n) is 3.16. The van der Waals surface area contributed by atoms with Crippen molar-refractivity contribution in [2.45, 2.75) is 26.3 Å². The number of benzene rings is 1. The number of nitro groups is 1. The molecule has 2 rings (SSSR count). The van der Waals surface area contributed by atoms with Gasteiger partial charge in [-0.1, -0.05) is 0 Å². The second kappa shape index (κ2) is 5.25. The van der Waals surface area contributed by atoms with Crippen molar-refractivity contribution >= 4 is 17.5 Å². The molecule has 1 aliphatic rings. The van der Waals surface area contributed by atoms with Gasteiger partial charge in [0.2, 0.25) is 0 Å². The lowest BCUT2D eigenvalue weighted by Gasteiger charge is -2.22. The minimum atomic E-state index is -0.581. The zero-order valence-electron chi connectivity index (χ0n) is 12.2. The highest BCUT2D eigenvalue weighted by Crippen LogP contribution is 2.26. The number of carbonyl (C=O) groups is 2. The van der Waals surface area contributed by atoms with Gasteiger partial charge in [0, 0.05) is 30.8 Å². The molecule has 0 bridgehead atoms. The van der Waals surface area contributed by atoms with Crippen LogP contribution in [0.4, 0.5) is 5.69 Å². The Morgan fingerprint density at radius 2 is 1.81 bits per heavy atom. The van der Waals surface area contributed by atoms with Crippen molar-refractivity contribution in [1.82, 2.24) is 10.2 Å². The van der Waals surface area contributed by atoms with E-state index in [1.807, 2.05) is 20.8 Å². The zero-order chi connectivity index (χ0) is 15.8. The van der Waals surface area contributed by atoms with E-state index in [-0.39, 0.29) is 28.9 Å². The van der Waals surface area contributed by atoms with E-state index in [0.717, 1.165) is 11.0 Å². The molecule has 112 valence electrons. The number of rotatable bonds is 4. The maximum Gasteiger partial charge on any atom is 0.270 e. The highest BCUT2D eigenvalue weighted by molar-refractivity contribution is 6.21. The fourth-order valence-electron chi connectivity index (χ4n) is 2.14. The Morgan fingerprint density at radius 3 is 2.38 bits per heavy atom. The standard InChI is InChI=1S/C14H17N3O4/c1-14(2,3)15-6-7-16-12(18)10-5-4-9(17(20)21)8-11(10)13(16)19/h4-5,8,15H,6-7H2,1-3H3. The van der Waals surface area contributed by atoms with Crippen LogP contribution < -0.4 is 5.32 Å². The number of amides is 2. The Morgan fingerprint density at radius 1 is 1.19 bits per heavy atom. The van der Waals surface area contributed by atoms with Crippen molar-refractivity contribution in [3.63, 3.8) is 0 Å². The second-order valence-electron chi connectivity index (χ2n) is 5.93. The largest absolute Gasteiger partial charge is 0.310 e. The number of fused-ring (bicyclic) bond motifs is 1. The van der Waals surface area contributed by atoms with Gasteiger partial charge in [0.15, 0.2) is 0 Å². The summed E-state index contributed by atoms with van der Waals surface area (Å²) in [6.45, 7) is 6.66. The molecular formula is C14H17N3O4. The predicted octanol–water partition coefficient (Wildman–Crippen LogP) is 1.58. The predicted molar refractivity (Wildman–Crippen MR) is 76.2 cm³/mol. The number of hydrogen-bond donors (Lipinski definition) is 1. The van der Waals surface area contributed by atoms with Gasteiger partial charge in [0.05, 0.1) is 16.1 Å². The first-order chi connectivity index (χ1) is 9.70. The molecule has 0 aromatic heterocycles. The van der Waals surface area contributed by atoms with Gasteiger partial charge in [0.1, 0.15) is 0 Å². The van der Waals surface area contributed by atoms with Crippen molar-refractivity contribution in [1.29, 1.82) is 0 Å². The lowest BCUT2D eigenvalue weighted by molar-refractivity contribution is -0.384. The molecule has 21 heavy (non-hydrogen) atoms. The van der Waals surface area contributed by atoms with Crippen LogP contribution in [-0.2, 0) is 0 Å². The van der Waals surface area contributed by atoms with E-state index in [9.17, 15) is 19.7 Å². The van der Waals surface area contributed by atoms with Crippen molar-refractivity contribution < 1.29 is 14.5 Å². The minimum Gasteiger partial charge on any atom is -0.310 e. The molecule has 1 N–H and O–H groups in total. The van der Waals surface area contributed by atoms with Crippen LogP contribution in [0.25, 0.3) is 0 Å². The van der Waals surface area contributed by atoms with E-state index in [2.05, 4.69) is 5.32 Å². The topological polar surface area (TPSA) is 92.6 Å². The van der Waals surface area contributed by atoms with Crippen molar-refractivity contribution in [3.05, 3.63) is 39.4 Å². The maximum absolute atomic E-state index is 12.2. The molecule has 7 nitrogen and oxygen atoms in total. The molecule has 0 atom stereocenters. The van der Waals surface area contributed by atoms with Gasteiger partial charge in [-0.3, -0.25) is 24.6 Å². The van der Waals surface area contributed by atoms with Crippen LogP contribution in [0.15, 0.2) is 18.2 Å². The minimum absolute atomic E-state index is 0.102. The maximum atomic E-state index is 12.2. The monoisotopic (exact) mass is 291 g/mol. The van der Waals surface area contributed by atoms with Crippen LogP contribution in [0.5, 0.6) is 0 Å². The number of imide groups is 1. The Bertz CT molecular complexity index is 619. The van der Waals surface area contributed by atoms with E-state index in [4.69, 9.17) is 0 Å². The van der Waals surface area contributed by atoms with Crippen LogP contribution in [0, 0.1) is 10.1 Å². The number of nitrogens with one attached hydrogen (secondary N) is 1. The van der Waals surface area contributed by atoms with Crippen molar-refractivity contribution in [2.24, 2.45) is 0 Å². The van der Waals surface area contributed by atoms with Crippen LogP contribution in [0.3, 0.4) is 0 Å². The van der Waals surface area contributed by atoms with Gasteiger partial charge in [-0.25, -0.2) is 0 Å². The van der Waals surface area contributed by atoms with Crippen LogP contribution in [-0.4, -0.2) is 40.3 Å². The molecule has 1 aromatic rings. The summed E-state index contributed by atoms with van der Waals surface area (Å²) in [5.41, 5.74) is 0.0214.